The van der Waals surface area contributed by atoms with Crippen LogP contribution in [0.5, 0.6) is 0 Å². The Morgan fingerprint density at radius 1 is 1.40 bits per heavy atom. The fraction of sp³-hybridized carbons (Fsp3) is 0.214. The maximum atomic E-state index is 13.8. The molecule has 2 aromatic heterocycles. The van der Waals surface area contributed by atoms with Crippen LogP contribution in [0.1, 0.15) is 11.3 Å². The lowest BCUT2D eigenvalue weighted by Crippen LogP contribution is -2.26. The summed E-state index contributed by atoms with van der Waals surface area (Å²) in [5.74, 6) is -0.379. The quantitative estimate of drug-likeness (QED) is 0.803. The Hall–Kier alpha value is -1.43. The monoisotopic (exact) mass is 309 g/mol. The molecule has 3 nitrogen and oxygen atoms in total. The number of aromatic nitrogens is 2. The second kappa shape index (κ2) is 5.52. The maximum absolute atomic E-state index is 13.8. The van der Waals surface area contributed by atoms with E-state index in [2.05, 4.69) is 4.98 Å². The van der Waals surface area contributed by atoms with Gasteiger partial charge in [0, 0.05) is 30.2 Å². The Morgan fingerprint density at radius 2 is 2.25 bits per heavy atom. The summed E-state index contributed by atoms with van der Waals surface area (Å²) < 4.78 is 15.8. The molecule has 6 heteroatoms. The number of hydrogen-bond acceptors (Lipinski definition) is 3. The Kier molecular flexibility index (Phi) is 3.74. The molecular formula is C14H13ClFN3S. The average Bonchev–Trinajstić information content (AvgIpc) is 2.95. The smallest absolute Gasteiger partial charge is 0.193 e. The van der Waals surface area contributed by atoms with Crippen LogP contribution in [0.25, 0.3) is 4.96 Å². The van der Waals surface area contributed by atoms with Crippen LogP contribution >= 0.6 is 22.9 Å². The predicted molar refractivity (Wildman–Crippen MR) is 79.9 cm³/mol. The van der Waals surface area contributed by atoms with Crippen molar-refractivity contribution in [3.8, 4) is 0 Å². The number of nitrogens with zero attached hydrogens (tertiary/aromatic N) is 2. The molecule has 0 saturated heterocycles. The molecule has 3 rings (SSSR count). The molecule has 0 aliphatic carbocycles. The van der Waals surface area contributed by atoms with E-state index in [4.69, 9.17) is 17.3 Å². The highest BCUT2D eigenvalue weighted by atomic mass is 35.5. The van der Waals surface area contributed by atoms with Crippen LogP contribution in [0, 0.1) is 5.82 Å². The summed E-state index contributed by atoms with van der Waals surface area (Å²) in [4.78, 5) is 5.42. The average molecular weight is 310 g/mol. The Labute approximate surface area is 124 Å². The van der Waals surface area contributed by atoms with Crippen molar-refractivity contribution >= 4 is 27.9 Å². The molecule has 0 saturated carbocycles. The van der Waals surface area contributed by atoms with Crippen molar-refractivity contribution in [2.75, 3.05) is 0 Å². The first kappa shape index (κ1) is 13.5. The van der Waals surface area contributed by atoms with E-state index >= 15 is 0 Å². The summed E-state index contributed by atoms with van der Waals surface area (Å²) in [5.41, 5.74) is 7.56. The van der Waals surface area contributed by atoms with Gasteiger partial charge < -0.3 is 5.73 Å². The van der Waals surface area contributed by atoms with Crippen molar-refractivity contribution in [2.24, 2.45) is 5.73 Å². The van der Waals surface area contributed by atoms with Gasteiger partial charge in [-0.1, -0.05) is 23.7 Å². The maximum Gasteiger partial charge on any atom is 0.193 e. The number of benzene rings is 1. The molecule has 0 spiro atoms. The van der Waals surface area contributed by atoms with Crippen LogP contribution in [-0.4, -0.2) is 15.4 Å². The minimum atomic E-state index is -0.379. The topological polar surface area (TPSA) is 43.3 Å². The molecule has 0 radical (unpaired) electrons. The van der Waals surface area contributed by atoms with Crippen LogP contribution in [0.4, 0.5) is 4.39 Å². The first-order chi connectivity index (χ1) is 9.63. The SMILES string of the molecule is NC(Cc1cn2ccsc2n1)Cc1cccc(Cl)c1F. The van der Waals surface area contributed by atoms with Crippen molar-refractivity contribution in [2.45, 2.75) is 18.9 Å². The highest BCUT2D eigenvalue weighted by Crippen LogP contribution is 2.20. The molecule has 0 aliphatic rings. The van der Waals surface area contributed by atoms with Gasteiger partial charge >= 0.3 is 0 Å². The number of halogens is 2. The second-order valence-electron chi connectivity index (χ2n) is 4.71. The van der Waals surface area contributed by atoms with Gasteiger partial charge in [-0.05, 0) is 18.1 Å². The number of hydrogen-bond donors (Lipinski definition) is 1. The van der Waals surface area contributed by atoms with Gasteiger partial charge in [-0.2, -0.15) is 0 Å². The fourth-order valence-corrected chi connectivity index (χ4v) is 3.12. The van der Waals surface area contributed by atoms with Crippen LogP contribution < -0.4 is 5.73 Å². The number of rotatable bonds is 4. The summed E-state index contributed by atoms with van der Waals surface area (Å²) in [6.45, 7) is 0. The molecule has 104 valence electrons. The molecule has 20 heavy (non-hydrogen) atoms. The normalized spacial score (nSPS) is 12.9. The Balaban J connectivity index is 1.71. The minimum absolute atomic E-state index is 0.136. The molecule has 0 fully saturated rings. The van der Waals surface area contributed by atoms with E-state index in [1.165, 1.54) is 6.07 Å². The van der Waals surface area contributed by atoms with E-state index in [-0.39, 0.29) is 16.9 Å². The standard InChI is InChI=1S/C14H13ClFN3S/c15-12-3-1-2-9(13(12)16)6-10(17)7-11-8-19-4-5-20-14(19)18-11/h1-5,8,10H,6-7,17H2. The molecule has 1 unspecified atom stereocenters. The lowest BCUT2D eigenvalue weighted by molar-refractivity contribution is 0.582. The zero-order chi connectivity index (χ0) is 14.1. The number of thiazole rings is 1. The highest BCUT2D eigenvalue weighted by molar-refractivity contribution is 7.15. The Bertz CT molecular complexity index is 708. The summed E-state index contributed by atoms with van der Waals surface area (Å²) in [5, 5.41) is 2.12. The van der Waals surface area contributed by atoms with E-state index < -0.39 is 0 Å². The third-order valence-corrected chi connectivity index (χ3v) is 4.19. The first-order valence-corrected chi connectivity index (χ1v) is 7.49. The molecule has 3 aromatic rings. The van der Waals surface area contributed by atoms with E-state index in [9.17, 15) is 4.39 Å². The lowest BCUT2D eigenvalue weighted by atomic mass is 10.0. The highest BCUT2D eigenvalue weighted by Gasteiger charge is 2.13. The van der Waals surface area contributed by atoms with Gasteiger partial charge in [-0.15, -0.1) is 11.3 Å². The van der Waals surface area contributed by atoms with Gasteiger partial charge in [-0.25, -0.2) is 9.37 Å². The Morgan fingerprint density at radius 3 is 3.05 bits per heavy atom. The summed E-state index contributed by atoms with van der Waals surface area (Å²) in [7, 11) is 0. The third-order valence-electron chi connectivity index (χ3n) is 3.13. The number of fused-ring (bicyclic) bond motifs is 1. The number of imidazole rings is 1. The lowest BCUT2D eigenvalue weighted by Gasteiger charge is -2.11. The summed E-state index contributed by atoms with van der Waals surface area (Å²) >= 11 is 7.34. The summed E-state index contributed by atoms with van der Waals surface area (Å²) in [6, 6.07) is 4.80. The van der Waals surface area contributed by atoms with Crippen molar-refractivity contribution < 1.29 is 4.39 Å². The zero-order valence-electron chi connectivity index (χ0n) is 10.6. The predicted octanol–water partition coefficient (Wildman–Crippen LogP) is 3.30. The van der Waals surface area contributed by atoms with Gasteiger partial charge in [-0.3, -0.25) is 4.40 Å². The van der Waals surface area contributed by atoms with Crippen LogP contribution in [0.3, 0.4) is 0 Å². The minimum Gasteiger partial charge on any atom is -0.327 e. The molecule has 2 N–H and O–H groups in total. The van der Waals surface area contributed by atoms with Crippen molar-refractivity contribution in [1.82, 2.24) is 9.38 Å². The van der Waals surface area contributed by atoms with E-state index in [0.717, 1.165) is 10.7 Å². The fourth-order valence-electron chi connectivity index (χ4n) is 2.20. The summed E-state index contributed by atoms with van der Waals surface area (Å²) in [6.07, 6.45) is 4.97. The van der Waals surface area contributed by atoms with Crippen molar-refractivity contribution in [1.29, 1.82) is 0 Å². The van der Waals surface area contributed by atoms with Gasteiger partial charge in [0.05, 0.1) is 10.7 Å². The van der Waals surface area contributed by atoms with Gasteiger partial charge in [0.25, 0.3) is 0 Å². The molecular weight excluding hydrogens is 297 g/mol. The van der Waals surface area contributed by atoms with Crippen LogP contribution in [0.15, 0.2) is 36.0 Å². The molecule has 1 aromatic carbocycles. The zero-order valence-corrected chi connectivity index (χ0v) is 12.2. The molecule has 0 bridgehead atoms. The number of nitrogens with two attached hydrogens (primary N) is 1. The first-order valence-electron chi connectivity index (χ1n) is 6.23. The van der Waals surface area contributed by atoms with Gasteiger partial charge in [0.2, 0.25) is 0 Å². The van der Waals surface area contributed by atoms with Gasteiger partial charge in [0.15, 0.2) is 4.96 Å². The molecule has 2 heterocycles. The van der Waals surface area contributed by atoms with Crippen molar-refractivity contribution in [3.63, 3.8) is 0 Å². The molecule has 1 atom stereocenters. The van der Waals surface area contributed by atoms with Crippen molar-refractivity contribution in [3.05, 3.63) is 58.1 Å². The van der Waals surface area contributed by atoms with E-state index in [0.29, 0.717) is 18.4 Å². The second-order valence-corrected chi connectivity index (χ2v) is 5.99. The molecule has 0 aliphatic heterocycles. The van der Waals surface area contributed by atoms with Gasteiger partial charge in [0.1, 0.15) is 5.82 Å². The largest absolute Gasteiger partial charge is 0.327 e. The van der Waals surface area contributed by atoms with E-state index in [1.54, 1.807) is 23.5 Å². The van der Waals surface area contributed by atoms with E-state index in [1.807, 2.05) is 22.2 Å². The third kappa shape index (κ3) is 2.70. The van der Waals surface area contributed by atoms with Crippen LogP contribution in [0.2, 0.25) is 5.02 Å². The van der Waals surface area contributed by atoms with Crippen LogP contribution in [-0.2, 0) is 12.8 Å². The molecule has 0 amide bonds.